The van der Waals surface area contributed by atoms with Crippen LogP contribution in [0.1, 0.15) is 51.2 Å². The predicted molar refractivity (Wildman–Crippen MR) is 77.8 cm³/mol. The molecule has 1 aromatic heterocycles. The van der Waals surface area contributed by atoms with Crippen LogP contribution in [-0.2, 0) is 0 Å². The quantitative estimate of drug-likeness (QED) is 0.857. The Bertz CT molecular complexity index is 368. The van der Waals surface area contributed by atoms with Gasteiger partial charge in [-0.2, -0.15) is 0 Å². The third kappa shape index (κ3) is 4.02. The molecule has 0 radical (unpaired) electrons. The van der Waals surface area contributed by atoms with Crippen molar-refractivity contribution < 1.29 is 5.11 Å². The van der Waals surface area contributed by atoms with Crippen molar-refractivity contribution >= 4 is 0 Å². The number of hydrogen-bond acceptors (Lipinski definition) is 3. The Labute approximate surface area is 116 Å². The third-order valence-electron chi connectivity index (χ3n) is 4.43. The SMILES string of the molecule is CCC1CC(C)CCC1NCC(O)c1ccncc1. The van der Waals surface area contributed by atoms with Gasteiger partial charge in [0.15, 0.2) is 0 Å². The molecular formula is C16H26N2O. The molecule has 4 unspecified atom stereocenters. The zero-order chi connectivity index (χ0) is 13.7. The summed E-state index contributed by atoms with van der Waals surface area (Å²) in [6, 6.07) is 4.33. The van der Waals surface area contributed by atoms with E-state index in [1.165, 1.54) is 25.7 Å². The summed E-state index contributed by atoms with van der Waals surface area (Å²) in [6.45, 7) is 5.26. The molecule has 0 spiro atoms. The Morgan fingerprint density at radius 3 is 2.79 bits per heavy atom. The van der Waals surface area contributed by atoms with Gasteiger partial charge in [-0.1, -0.05) is 20.3 Å². The molecule has 1 aliphatic carbocycles. The summed E-state index contributed by atoms with van der Waals surface area (Å²) < 4.78 is 0. The van der Waals surface area contributed by atoms with E-state index in [1.54, 1.807) is 12.4 Å². The van der Waals surface area contributed by atoms with Crippen molar-refractivity contribution in [1.29, 1.82) is 0 Å². The van der Waals surface area contributed by atoms with Gasteiger partial charge in [0.1, 0.15) is 0 Å². The number of nitrogens with zero attached hydrogens (tertiary/aromatic N) is 1. The fourth-order valence-electron chi connectivity index (χ4n) is 3.19. The molecule has 1 fully saturated rings. The van der Waals surface area contributed by atoms with Gasteiger partial charge in [-0.15, -0.1) is 0 Å². The van der Waals surface area contributed by atoms with Crippen molar-refractivity contribution in [2.45, 2.75) is 51.7 Å². The van der Waals surface area contributed by atoms with Crippen LogP contribution >= 0.6 is 0 Å². The molecular weight excluding hydrogens is 236 g/mol. The van der Waals surface area contributed by atoms with Gasteiger partial charge in [0, 0.05) is 25.0 Å². The molecule has 0 saturated heterocycles. The van der Waals surface area contributed by atoms with Crippen molar-refractivity contribution in [2.75, 3.05) is 6.54 Å². The molecule has 1 aromatic rings. The van der Waals surface area contributed by atoms with Crippen LogP contribution < -0.4 is 5.32 Å². The van der Waals surface area contributed by atoms with E-state index < -0.39 is 6.10 Å². The number of pyridine rings is 1. The van der Waals surface area contributed by atoms with E-state index in [9.17, 15) is 5.11 Å². The largest absolute Gasteiger partial charge is 0.387 e. The molecule has 4 atom stereocenters. The second-order valence-electron chi connectivity index (χ2n) is 5.90. The van der Waals surface area contributed by atoms with E-state index in [2.05, 4.69) is 24.1 Å². The topological polar surface area (TPSA) is 45.1 Å². The number of rotatable bonds is 5. The summed E-state index contributed by atoms with van der Waals surface area (Å²) in [5.41, 5.74) is 0.944. The van der Waals surface area contributed by atoms with Crippen molar-refractivity contribution in [3.8, 4) is 0 Å². The number of nitrogens with one attached hydrogen (secondary N) is 1. The maximum atomic E-state index is 10.2. The molecule has 2 rings (SSSR count). The summed E-state index contributed by atoms with van der Waals surface area (Å²) in [7, 11) is 0. The molecule has 1 heterocycles. The van der Waals surface area contributed by atoms with E-state index in [4.69, 9.17) is 0 Å². The maximum Gasteiger partial charge on any atom is 0.0915 e. The Hall–Kier alpha value is -0.930. The Morgan fingerprint density at radius 1 is 1.37 bits per heavy atom. The lowest BCUT2D eigenvalue weighted by Gasteiger charge is -2.35. The molecule has 0 aliphatic heterocycles. The maximum absolute atomic E-state index is 10.2. The molecule has 19 heavy (non-hydrogen) atoms. The van der Waals surface area contributed by atoms with Crippen LogP contribution in [0.2, 0.25) is 0 Å². The highest BCUT2D eigenvalue weighted by molar-refractivity contribution is 5.13. The zero-order valence-corrected chi connectivity index (χ0v) is 12.0. The van der Waals surface area contributed by atoms with E-state index in [0.717, 1.165) is 17.4 Å². The van der Waals surface area contributed by atoms with Gasteiger partial charge in [0.25, 0.3) is 0 Å². The molecule has 0 bridgehead atoms. The van der Waals surface area contributed by atoms with Crippen LogP contribution in [0.3, 0.4) is 0 Å². The van der Waals surface area contributed by atoms with Crippen LogP contribution in [0.5, 0.6) is 0 Å². The predicted octanol–water partition coefficient (Wildman–Crippen LogP) is 2.92. The lowest BCUT2D eigenvalue weighted by atomic mass is 9.77. The van der Waals surface area contributed by atoms with Gasteiger partial charge >= 0.3 is 0 Å². The van der Waals surface area contributed by atoms with Crippen LogP contribution in [0.4, 0.5) is 0 Å². The minimum absolute atomic E-state index is 0.431. The summed E-state index contributed by atoms with van der Waals surface area (Å²) >= 11 is 0. The third-order valence-corrected chi connectivity index (χ3v) is 4.43. The van der Waals surface area contributed by atoms with E-state index in [-0.39, 0.29) is 0 Å². The molecule has 106 valence electrons. The van der Waals surface area contributed by atoms with Crippen LogP contribution in [0.25, 0.3) is 0 Å². The minimum atomic E-state index is -0.431. The van der Waals surface area contributed by atoms with Crippen LogP contribution in [-0.4, -0.2) is 22.7 Å². The molecule has 3 heteroatoms. The van der Waals surface area contributed by atoms with Gasteiger partial charge in [0.2, 0.25) is 0 Å². The van der Waals surface area contributed by atoms with E-state index in [0.29, 0.717) is 12.6 Å². The summed E-state index contributed by atoms with van der Waals surface area (Å²) in [4.78, 5) is 3.98. The average molecular weight is 262 g/mol. The highest BCUT2D eigenvalue weighted by Crippen LogP contribution is 2.31. The van der Waals surface area contributed by atoms with Crippen molar-refractivity contribution in [3.05, 3.63) is 30.1 Å². The Balaban J connectivity index is 1.84. The first-order valence-corrected chi connectivity index (χ1v) is 7.52. The number of aliphatic hydroxyl groups excluding tert-OH is 1. The minimum Gasteiger partial charge on any atom is -0.387 e. The van der Waals surface area contributed by atoms with Crippen molar-refractivity contribution in [1.82, 2.24) is 10.3 Å². The standard InChI is InChI=1S/C16H26N2O/c1-3-13-10-12(2)4-5-15(13)18-11-16(19)14-6-8-17-9-7-14/h6-9,12-13,15-16,18-19H,3-5,10-11H2,1-2H3. The summed E-state index contributed by atoms with van der Waals surface area (Å²) in [5, 5.41) is 13.7. The zero-order valence-electron chi connectivity index (χ0n) is 12.0. The van der Waals surface area contributed by atoms with Crippen LogP contribution in [0.15, 0.2) is 24.5 Å². The first kappa shape index (κ1) is 14.5. The fraction of sp³-hybridized carbons (Fsp3) is 0.688. The number of hydrogen-bond donors (Lipinski definition) is 2. The summed E-state index contributed by atoms with van der Waals surface area (Å²) in [5.74, 6) is 1.61. The lowest BCUT2D eigenvalue weighted by molar-refractivity contribution is 0.145. The second-order valence-corrected chi connectivity index (χ2v) is 5.90. The number of aromatic nitrogens is 1. The molecule has 2 N–H and O–H groups in total. The normalized spacial score (nSPS) is 29.1. The molecule has 1 saturated carbocycles. The van der Waals surface area contributed by atoms with E-state index >= 15 is 0 Å². The van der Waals surface area contributed by atoms with Gasteiger partial charge in [-0.3, -0.25) is 4.98 Å². The van der Waals surface area contributed by atoms with Crippen molar-refractivity contribution in [3.63, 3.8) is 0 Å². The van der Waals surface area contributed by atoms with Gasteiger partial charge in [0.05, 0.1) is 6.10 Å². The van der Waals surface area contributed by atoms with Gasteiger partial charge < -0.3 is 10.4 Å². The molecule has 0 aromatic carbocycles. The first-order valence-electron chi connectivity index (χ1n) is 7.52. The molecule has 3 nitrogen and oxygen atoms in total. The van der Waals surface area contributed by atoms with E-state index in [1.807, 2.05) is 12.1 Å². The Kier molecular flexibility index (Phi) is 5.34. The first-order chi connectivity index (χ1) is 9.20. The highest BCUT2D eigenvalue weighted by Gasteiger charge is 2.27. The fourth-order valence-corrected chi connectivity index (χ4v) is 3.19. The van der Waals surface area contributed by atoms with Crippen LogP contribution in [0, 0.1) is 11.8 Å². The second kappa shape index (κ2) is 7.01. The van der Waals surface area contributed by atoms with Gasteiger partial charge in [-0.25, -0.2) is 0 Å². The Morgan fingerprint density at radius 2 is 2.11 bits per heavy atom. The lowest BCUT2D eigenvalue weighted by Crippen LogP contribution is -2.41. The molecule has 0 amide bonds. The van der Waals surface area contributed by atoms with Crippen molar-refractivity contribution in [2.24, 2.45) is 11.8 Å². The molecule has 1 aliphatic rings. The smallest absolute Gasteiger partial charge is 0.0915 e. The van der Waals surface area contributed by atoms with Gasteiger partial charge in [-0.05, 0) is 48.8 Å². The highest BCUT2D eigenvalue weighted by atomic mass is 16.3. The number of aliphatic hydroxyl groups is 1. The monoisotopic (exact) mass is 262 g/mol. The average Bonchev–Trinajstić information content (AvgIpc) is 2.46. The summed E-state index contributed by atoms with van der Waals surface area (Å²) in [6.07, 6.45) is 8.13.